The van der Waals surface area contributed by atoms with Gasteiger partial charge in [-0.3, -0.25) is 4.79 Å². The van der Waals surface area contributed by atoms with E-state index in [4.69, 9.17) is 9.26 Å². The van der Waals surface area contributed by atoms with Gasteiger partial charge in [0.25, 0.3) is 0 Å². The van der Waals surface area contributed by atoms with Crippen molar-refractivity contribution in [3.8, 4) is 5.75 Å². The number of carbonyl (C=O) groups is 1. The van der Waals surface area contributed by atoms with Crippen molar-refractivity contribution in [2.24, 2.45) is 0 Å². The minimum Gasteiger partial charge on any atom is -0.497 e. The van der Waals surface area contributed by atoms with Gasteiger partial charge in [-0.15, -0.1) is 21.5 Å². The van der Waals surface area contributed by atoms with Crippen molar-refractivity contribution in [3.05, 3.63) is 33.9 Å². The quantitative estimate of drug-likeness (QED) is 0.741. The van der Waals surface area contributed by atoms with Gasteiger partial charge in [-0.25, -0.2) is 0 Å². The van der Waals surface area contributed by atoms with Crippen molar-refractivity contribution in [1.29, 1.82) is 0 Å². The summed E-state index contributed by atoms with van der Waals surface area (Å²) in [5, 5.41) is 17.4. The molecule has 2 aromatic heterocycles. The molecule has 0 fully saturated rings. The molecule has 0 saturated carbocycles. The number of methoxy groups -OCH3 is 1. The molecule has 0 radical (unpaired) electrons. The smallest absolute Gasteiger partial charge is 0.226 e. The molecule has 0 aliphatic rings. The van der Waals surface area contributed by atoms with Gasteiger partial charge in [-0.2, -0.15) is 0 Å². The second-order valence-corrected chi connectivity index (χ2v) is 6.25. The van der Waals surface area contributed by atoms with Crippen molar-refractivity contribution in [2.75, 3.05) is 13.7 Å². The van der Waals surface area contributed by atoms with Crippen LogP contribution in [0.15, 0.2) is 22.7 Å². The van der Waals surface area contributed by atoms with Crippen molar-refractivity contribution < 1.29 is 14.1 Å². The molecule has 2 heterocycles. The lowest BCUT2D eigenvalue weighted by Gasteiger charge is -2.02. The number of nitrogens with zero attached hydrogens (tertiary/aromatic N) is 3. The number of carbonyl (C=O) groups excluding carboxylic acids is 1. The summed E-state index contributed by atoms with van der Waals surface area (Å²) in [7, 11) is 1.59. The van der Waals surface area contributed by atoms with Gasteiger partial charge in [-0.1, -0.05) is 5.16 Å². The van der Waals surface area contributed by atoms with Crippen LogP contribution < -0.4 is 10.1 Å². The molecular formula is C15H16N4O3S. The van der Waals surface area contributed by atoms with Crippen LogP contribution in [0.5, 0.6) is 5.75 Å². The zero-order valence-corrected chi connectivity index (χ0v) is 13.6. The fourth-order valence-corrected chi connectivity index (χ4v) is 2.89. The molecule has 0 aliphatic carbocycles. The molecule has 0 bridgehead atoms. The van der Waals surface area contributed by atoms with E-state index in [-0.39, 0.29) is 12.3 Å². The number of hydrogen-bond acceptors (Lipinski definition) is 7. The van der Waals surface area contributed by atoms with E-state index in [2.05, 4.69) is 20.7 Å². The molecule has 1 aromatic carbocycles. The Hall–Kier alpha value is -2.48. The van der Waals surface area contributed by atoms with E-state index in [0.29, 0.717) is 30.0 Å². The number of benzene rings is 1. The van der Waals surface area contributed by atoms with Crippen LogP contribution in [0.3, 0.4) is 0 Å². The minimum absolute atomic E-state index is 0.107. The number of fused-ring (bicyclic) bond motifs is 1. The first-order valence-electron chi connectivity index (χ1n) is 7.13. The van der Waals surface area contributed by atoms with Crippen LogP contribution in [0.2, 0.25) is 0 Å². The summed E-state index contributed by atoms with van der Waals surface area (Å²) >= 11 is 1.54. The van der Waals surface area contributed by atoms with Crippen molar-refractivity contribution in [3.63, 3.8) is 0 Å². The predicted octanol–water partition coefficient (Wildman–Crippen LogP) is 1.90. The third-order valence-corrected chi connectivity index (χ3v) is 4.21. The zero-order valence-electron chi connectivity index (χ0n) is 12.8. The molecule has 0 spiro atoms. The largest absolute Gasteiger partial charge is 0.497 e. The first-order valence-corrected chi connectivity index (χ1v) is 7.95. The second kappa shape index (κ2) is 6.74. The van der Waals surface area contributed by atoms with E-state index < -0.39 is 0 Å². The van der Waals surface area contributed by atoms with Gasteiger partial charge in [0.2, 0.25) is 5.91 Å². The van der Waals surface area contributed by atoms with Crippen LogP contribution in [-0.4, -0.2) is 34.9 Å². The van der Waals surface area contributed by atoms with E-state index in [0.717, 1.165) is 15.4 Å². The average molecular weight is 332 g/mol. The van der Waals surface area contributed by atoms with E-state index in [1.54, 1.807) is 19.2 Å². The van der Waals surface area contributed by atoms with Gasteiger partial charge >= 0.3 is 0 Å². The molecule has 8 heteroatoms. The van der Waals surface area contributed by atoms with E-state index in [1.165, 1.54) is 11.3 Å². The Balaban J connectivity index is 1.59. The highest BCUT2D eigenvalue weighted by Gasteiger charge is 2.13. The molecule has 3 aromatic rings. The Morgan fingerprint density at radius 3 is 3.00 bits per heavy atom. The SMILES string of the molecule is COc1ccc2onc(CC(=O)NCCc3nnc(C)s3)c2c1. The van der Waals surface area contributed by atoms with Crippen LogP contribution in [0.25, 0.3) is 11.0 Å². The summed E-state index contributed by atoms with van der Waals surface area (Å²) in [4.78, 5) is 12.0. The summed E-state index contributed by atoms with van der Waals surface area (Å²) in [6, 6.07) is 5.39. The number of aromatic nitrogens is 3. The number of ether oxygens (including phenoxy) is 1. The highest BCUT2D eigenvalue weighted by molar-refractivity contribution is 7.11. The number of hydrogen-bond donors (Lipinski definition) is 1. The van der Waals surface area contributed by atoms with Gasteiger partial charge < -0.3 is 14.6 Å². The lowest BCUT2D eigenvalue weighted by molar-refractivity contribution is -0.120. The summed E-state index contributed by atoms with van der Waals surface area (Å²) < 4.78 is 10.4. The van der Waals surface area contributed by atoms with Crippen molar-refractivity contribution in [1.82, 2.24) is 20.7 Å². The fraction of sp³-hybridized carbons (Fsp3) is 0.333. The van der Waals surface area contributed by atoms with Crippen LogP contribution in [-0.2, 0) is 17.6 Å². The maximum atomic E-state index is 12.0. The first-order chi connectivity index (χ1) is 11.2. The molecule has 1 amide bonds. The molecule has 0 aliphatic heterocycles. The molecular weight excluding hydrogens is 316 g/mol. The normalized spacial score (nSPS) is 10.9. The van der Waals surface area contributed by atoms with Gasteiger partial charge in [-0.05, 0) is 25.1 Å². The Kier molecular flexibility index (Phi) is 4.52. The van der Waals surface area contributed by atoms with Crippen LogP contribution in [0.1, 0.15) is 15.7 Å². The van der Waals surface area contributed by atoms with E-state index in [9.17, 15) is 4.79 Å². The topological polar surface area (TPSA) is 90.1 Å². The highest BCUT2D eigenvalue weighted by Crippen LogP contribution is 2.24. The third kappa shape index (κ3) is 3.65. The molecule has 0 atom stereocenters. The lowest BCUT2D eigenvalue weighted by Crippen LogP contribution is -2.27. The predicted molar refractivity (Wildman–Crippen MR) is 85.6 cm³/mol. The molecule has 120 valence electrons. The van der Waals surface area contributed by atoms with Gasteiger partial charge in [0.15, 0.2) is 5.58 Å². The highest BCUT2D eigenvalue weighted by atomic mass is 32.1. The van der Waals surface area contributed by atoms with Gasteiger partial charge in [0, 0.05) is 18.4 Å². The number of rotatable bonds is 6. The molecule has 0 unspecified atom stereocenters. The summed E-state index contributed by atoms with van der Waals surface area (Å²) in [5.74, 6) is 0.596. The fourth-order valence-electron chi connectivity index (χ4n) is 2.18. The molecule has 3 rings (SSSR count). The number of amides is 1. The average Bonchev–Trinajstić information content (AvgIpc) is 3.13. The Morgan fingerprint density at radius 1 is 1.39 bits per heavy atom. The van der Waals surface area contributed by atoms with Crippen LogP contribution >= 0.6 is 11.3 Å². The summed E-state index contributed by atoms with van der Waals surface area (Å²) in [5.41, 5.74) is 1.24. The monoisotopic (exact) mass is 332 g/mol. The van der Waals surface area contributed by atoms with Crippen LogP contribution in [0.4, 0.5) is 0 Å². The van der Waals surface area contributed by atoms with Crippen molar-refractivity contribution in [2.45, 2.75) is 19.8 Å². The zero-order chi connectivity index (χ0) is 16.2. The summed E-state index contributed by atoms with van der Waals surface area (Å²) in [6.07, 6.45) is 0.833. The second-order valence-electron chi connectivity index (χ2n) is 4.98. The van der Waals surface area contributed by atoms with E-state index >= 15 is 0 Å². The molecule has 1 N–H and O–H groups in total. The maximum absolute atomic E-state index is 12.0. The van der Waals surface area contributed by atoms with Crippen LogP contribution in [0, 0.1) is 6.92 Å². The number of nitrogens with one attached hydrogen (secondary N) is 1. The Labute approximate surface area is 136 Å². The Morgan fingerprint density at radius 2 is 2.26 bits per heavy atom. The van der Waals surface area contributed by atoms with Gasteiger partial charge in [0.1, 0.15) is 21.5 Å². The molecule has 23 heavy (non-hydrogen) atoms. The van der Waals surface area contributed by atoms with Gasteiger partial charge in [0.05, 0.1) is 13.5 Å². The standard InChI is InChI=1S/C15H16N4O3S/c1-9-17-18-15(23-9)5-6-16-14(20)8-12-11-7-10(21-2)3-4-13(11)22-19-12/h3-4,7H,5-6,8H2,1-2H3,(H,16,20). The Bertz CT molecular complexity index is 827. The van der Waals surface area contributed by atoms with Crippen molar-refractivity contribution >= 4 is 28.2 Å². The molecule has 0 saturated heterocycles. The first kappa shape index (κ1) is 15.4. The summed E-state index contributed by atoms with van der Waals surface area (Å²) in [6.45, 7) is 2.43. The lowest BCUT2D eigenvalue weighted by atomic mass is 10.1. The molecule has 7 nitrogen and oxygen atoms in total. The van der Waals surface area contributed by atoms with E-state index in [1.807, 2.05) is 13.0 Å². The number of aryl methyl sites for hydroxylation is 1. The third-order valence-electron chi connectivity index (χ3n) is 3.31. The maximum Gasteiger partial charge on any atom is 0.226 e. The minimum atomic E-state index is -0.107.